The number of fused-ring (bicyclic) bond motifs is 1. The maximum Gasteiger partial charge on any atom is 0.137 e. The second-order valence-corrected chi connectivity index (χ2v) is 3.41. The van der Waals surface area contributed by atoms with E-state index in [-0.39, 0.29) is 0 Å². The Labute approximate surface area is 86.0 Å². The minimum Gasteiger partial charge on any atom is -0.506 e. The van der Waals surface area contributed by atoms with E-state index in [1.807, 2.05) is 26.8 Å². The third kappa shape index (κ3) is 2.25. The number of aromatic hydroxyl groups is 1. The summed E-state index contributed by atoms with van der Waals surface area (Å²) in [5.41, 5.74) is 3.19. The second-order valence-electron chi connectivity index (χ2n) is 3.41. The average Bonchev–Trinajstić information content (AvgIpc) is 2.23. The van der Waals surface area contributed by atoms with Gasteiger partial charge in [-0.15, -0.1) is 0 Å². The Balaban J connectivity index is 0.000000461. The second kappa shape index (κ2) is 4.99. The molecule has 1 N–H and O–H groups in total. The molecule has 0 bridgehead atoms. The highest BCUT2D eigenvalue weighted by Gasteiger charge is 2.12. The predicted molar refractivity (Wildman–Crippen MR) is 58.6 cm³/mol. The van der Waals surface area contributed by atoms with E-state index in [2.05, 4.69) is 4.98 Å². The van der Waals surface area contributed by atoms with Gasteiger partial charge in [-0.3, -0.25) is 4.98 Å². The average molecular weight is 193 g/mol. The minimum atomic E-state index is 0.343. The molecule has 78 valence electrons. The van der Waals surface area contributed by atoms with Crippen LogP contribution in [0.25, 0.3) is 0 Å². The summed E-state index contributed by atoms with van der Waals surface area (Å²) in [7, 11) is 0. The van der Waals surface area contributed by atoms with Crippen LogP contribution in [0.1, 0.15) is 43.6 Å². The molecule has 0 aromatic carbocycles. The molecule has 2 heteroatoms. The van der Waals surface area contributed by atoms with Crippen LogP contribution in [0.5, 0.6) is 5.75 Å². The number of hydrogen-bond donors (Lipinski definition) is 1. The van der Waals surface area contributed by atoms with Crippen molar-refractivity contribution in [3.63, 3.8) is 0 Å². The van der Waals surface area contributed by atoms with Crippen LogP contribution in [0.4, 0.5) is 0 Å². The molecule has 2 nitrogen and oxygen atoms in total. The zero-order valence-electron chi connectivity index (χ0n) is 9.30. The van der Waals surface area contributed by atoms with Crippen molar-refractivity contribution >= 4 is 0 Å². The van der Waals surface area contributed by atoms with Gasteiger partial charge in [0, 0.05) is 5.69 Å². The van der Waals surface area contributed by atoms with Crippen molar-refractivity contribution in [3.8, 4) is 5.75 Å². The highest BCUT2D eigenvalue weighted by atomic mass is 16.3. The van der Waals surface area contributed by atoms with Crippen LogP contribution in [0.3, 0.4) is 0 Å². The first-order chi connectivity index (χ1) is 6.77. The molecule has 0 atom stereocenters. The lowest BCUT2D eigenvalue weighted by atomic mass is 9.96. The molecule has 1 aromatic heterocycles. The fourth-order valence-corrected chi connectivity index (χ4v) is 1.73. The molecule has 1 aliphatic rings. The predicted octanol–water partition coefficient (Wildman–Crippen LogP) is 3.00. The summed E-state index contributed by atoms with van der Waals surface area (Å²) in [6.07, 6.45) is 4.63. The van der Waals surface area contributed by atoms with E-state index in [1.165, 1.54) is 24.1 Å². The van der Waals surface area contributed by atoms with Gasteiger partial charge in [0.25, 0.3) is 0 Å². The number of aromatic nitrogens is 1. The van der Waals surface area contributed by atoms with Crippen LogP contribution >= 0.6 is 0 Å². The normalized spacial score (nSPS) is 13.9. The topological polar surface area (TPSA) is 33.1 Å². The van der Waals surface area contributed by atoms with Crippen LogP contribution in [-0.4, -0.2) is 10.1 Å². The molecule has 2 rings (SSSR count). The van der Waals surface area contributed by atoms with Crippen LogP contribution in [0.15, 0.2) is 6.07 Å². The lowest BCUT2D eigenvalue weighted by Gasteiger charge is -2.15. The van der Waals surface area contributed by atoms with E-state index in [0.717, 1.165) is 18.5 Å². The maximum absolute atomic E-state index is 9.41. The summed E-state index contributed by atoms with van der Waals surface area (Å²) < 4.78 is 0. The summed E-state index contributed by atoms with van der Waals surface area (Å²) in [6.45, 7) is 5.85. The van der Waals surface area contributed by atoms with Gasteiger partial charge in [0.05, 0.1) is 5.69 Å². The van der Waals surface area contributed by atoms with Crippen LogP contribution in [-0.2, 0) is 12.8 Å². The molecule has 0 aliphatic heterocycles. The van der Waals surface area contributed by atoms with Crippen molar-refractivity contribution in [1.82, 2.24) is 4.98 Å². The molecule has 14 heavy (non-hydrogen) atoms. The van der Waals surface area contributed by atoms with E-state index in [0.29, 0.717) is 5.75 Å². The lowest BCUT2D eigenvalue weighted by molar-refractivity contribution is 0.464. The van der Waals surface area contributed by atoms with E-state index >= 15 is 0 Å². The van der Waals surface area contributed by atoms with Crippen molar-refractivity contribution in [2.24, 2.45) is 0 Å². The van der Waals surface area contributed by atoms with Gasteiger partial charge in [0.2, 0.25) is 0 Å². The van der Waals surface area contributed by atoms with Gasteiger partial charge in [0.15, 0.2) is 0 Å². The van der Waals surface area contributed by atoms with Gasteiger partial charge in [-0.05, 0) is 44.2 Å². The highest BCUT2D eigenvalue weighted by molar-refractivity contribution is 5.35. The van der Waals surface area contributed by atoms with Gasteiger partial charge >= 0.3 is 0 Å². The number of pyridine rings is 1. The van der Waals surface area contributed by atoms with E-state index in [9.17, 15) is 5.11 Å². The van der Waals surface area contributed by atoms with Crippen molar-refractivity contribution in [2.45, 2.75) is 46.5 Å². The van der Waals surface area contributed by atoms with Crippen molar-refractivity contribution < 1.29 is 5.11 Å². The maximum atomic E-state index is 9.41. The van der Waals surface area contributed by atoms with Gasteiger partial charge in [0.1, 0.15) is 5.75 Å². The molecule has 1 heterocycles. The summed E-state index contributed by atoms with van der Waals surface area (Å²) in [5.74, 6) is 0.343. The first-order valence-electron chi connectivity index (χ1n) is 5.46. The number of rotatable bonds is 0. The third-order valence-corrected chi connectivity index (χ3v) is 2.46. The highest BCUT2D eigenvalue weighted by Crippen LogP contribution is 2.24. The van der Waals surface area contributed by atoms with Crippen LogP contribution < -0.4 is 0 Å². The zero-order valence-corrected chi connectivity index (χ0v) is 9.30. The Hall–Kier alpha value is -1.05. The lowest BCUT2D eigenvalue weighted by Crippen LogP contribution is -2.05. The third-order valence-electron chi connectivity index (χ3n) is 2.46. The van der Waals surface area contributed by atoms with E-state index < -0.39 is 0 Å². The van der Waals surface area contributed by atoms with Gasteiger partial charge in [-0.2, -0.15) is 0 Å². The Morgan fingerprint density at radius 3 is 2.57 bits per heavy atom. The Morgan fingerprint density at radius 1 is 1.21 bits per heavy atom. The smallest absolute Gasteiger partial charge is 0.137 e. The van der Waals surface area contributed by atoms with Gasteiger partial charge < -0.3 is 5.11 Å². The summed E-state index contributed by atoms with van der Waals surface area (Å²) in [5, 5.41) is 9.41. The summed E-state index contributed by atoms with van der Waals surface area (Å²) in [4.78, 5) is 4.36. The molecule has 0 fully saturated rings. The molecule has 0 spiro atoms. The molecule has 1 aromatic rings. The fourth-order valence-electron chi connectivity index (χ4n) is 1.73. The minimum absolute atomic E-state index is 0.343. The number of nitrogens with zero attached hydrogens (tertiary/aromatic N) is 1. The molecule has 0 unspecified atom stereocenters. The van der Waals surface area contributed by atoms with Crippen molar-refractivity contribution in [2.75, 3.05) is 0 Å². The number of aryl methyl sites for hydroxylation is 3. The molecule has 0 saturated carbocycles. The molecule has 0 amide bonds. The zero-order chi connectivity index (χ0) is 10.6. The molecule has 0 radical (unpaired) electrons. The van der Waals surface area contributed by atoms with Crippen molar-refractivity contribution in [3.05, 3.63) is 23.0 Å². The largest absolute Gasteiger partial charge is 0.506 e. The Morgan fingerprint density at radius 2 is 1.86 bits per heavy atom. The molecule has 0 saturated heterocycles. The van der Waals surface area contributed by atoms with Crippen LogP contribution in [0, 0.1) is 6.92 Å². The monoisotopic (exact) mass is 193 g/mol. The SMILES string of the molecule is CC.Cc1nc2c(cc1O)CCCC2. The van der Waals surface area contributed by atoms with E-state index in [4.69, 9.17) is 0 Å². The van der Waals surface area contributed by atoms with Gasteiger partial charge in [-0.1, -0.05) is 13.8 Å². The molecule has 1 aliphatic carbocycles. The van der Waals surface area contributed by atoms with Gasteiger partial charge in [-0.25, -0.2) is 0 Å². The quantitative estimate of drug-likeness (QED) is 0.687. The number of hydrogen-bond acceptors (Lipinski definition) is 2. The molecular formula is C12H19NO. The Kier molecular flexibility index (Phi) is 3.93. The standard InChI is InChI=1S/C10H13NO.C2H6/c1-7-10(12)6-8-4-2-3-5-9(8)11-7;1-2/h6,12H,2-5H2,1H3;1-2H3. The van der Waals surface area contributed by atoms with E-state index in [1.54, 1.807) is 0 Å². The van der Waals surface area contributed by atoms with Crippen molar-refractivity contribution in [1.29, 1.82) is 0 Å². The van der Waals surface area contributed by atoms with Crippen LogP contribution in [0.2, 0.25) is 0 Å². The molecular weight excluding hydrogens is 174 g/mol. The summed E-state index contributed by atoms with van der Waals surface area (Å²) in [6, 6.07) is 1.87. The summed E-state index contributed by atoms with van der Waals surface area (Å²) >= 11 is 0. The Bertz CT molecular complexity index is 276. The first kappa shape index (κ1) is 11.0. The fraction of sp³-hybridized carbons (Fsp3) is 0.583. The first-order valence-corrected chi connectivity index (χ1v) is 5.46.